The fourth-order valence-electron chi connectivity index (χ4n) is 2.27. The largest absolute Gasteiger partial charge is 0.481 e. The lowest BCUT2D eigenvalue weighted by molar-refractivity contribution is -0.143. The summed E-state index contributed by atoms with van der Waals surface area (Å²) in [6, 6.07) is 2.16. The Bertz CT molecular complexity index is 369. The highest BCUT2D eigenvalue weighted by Gasteiger charge is 2.26. The minimum Gasteiger partial charge on any atom is -0.481 e. The predicted molar refractivity (Wildman–Crippen MR) is 62.3 cm³/mol. The van der Waals surface area contributed by atoms with Crippen LogP contribution in [0, 0.1) is 5.92 Å². The van der Waals surface area contributed by atoms with Gasteiger partial charge in [0.2, 0.25) is 0 Å². The first-order chi connectivity index (χ1) is 8.25. The topological polar surface area (TPSA) is 75.1 Å². The van der Waals surface area contributed by atoms with Crippen LogP contribution >= 0.6 is 0 Å². The summed E-state index contributed by atoms with van der Waals surface area (Å²) in [6.07, 6.45) is 6.80. The van der Waals surface area contributed by atoms with E-state index in [2.05, 4.69) is 15.3 Å². The molecule has 0 bridgehead atoms. The molecule has 1 aliphatic carbocycles. The van der Waals surface area contributed by atoms with Crippen LogP contribution < -0.4 is 5.32 Å². The van der Waals surface area contributed by atoms with E-state index in [0.29, 0.717) is 12.6 Å². The summed E-state index contributed by atoms with van der Waals surface area (Å²) in [7, 11) is 0. The van der Waals surface area contributed by atoms with E-state index in [-0.39, 0.29) is 5.92 Å². The lowest BCUT2D eigenvalue weighted by Crippen LogP contribution is -2.36. The van der Waals surface area contributed by atoms with Crippen LogP contribution in [0.4, 0.5) is 0 Å². The summed E-state index contributed by atoms with van der Waals surface area (Å²) >= 11 is 0. The number of carbonyl (C=O) groups is 1. The molecule has 1 heterocycles. The molecule has 0 radical (unpaired) electrons. The summed E-state index contributed by atoms with van der Waals surface area (Å²) in [5.74, 6) is -0.856. The van der Waals surface area contributed by atoms with Gasteiger partial charge in [-0.1, -0.05) is 6.42 Å². The van der Waals surface area contributed by atoms with Crippen molar-refractivity contribution in [1.29, 1.82) is 0 Å². The van der Waals surface area contributed by atoms with Gasteiger partial charge in [0.15, 0.2) is 0 Å². The van der Waals surface area contributed by atoms with Gasteiger partial charge in [-0.15, -0.1) is 0 Å². The summed E-state index contributed by atoms with van der Waals surface area (Å²) in [5.41, 5.74) is 0.942. The van der Waals surface area contributed by atoms with Gasteiger partial charge in [-0.05, 0) is 25.3 Å². The molecular formula is C12H17N3O2. The molecule has 2 rings (SSSR count). The lowest BCUT2D eigenvalue weighted by Gasteiger charge is -2.27. The second-order valence-corrected chi connectivity index (χ2v) is 4.48. The molecule has 5 heteroatoms. The van der Waals surface area contributed by atoms with E-state index < -0.39 is 5.97 Å². The number of rotatable bonds is 4. The molecule has 1 aliphatic rings. The van der Waals surface area contributed by atoms with Crippen molar-refractivity contribution in [3.63, 3.8) is 0 Å². The van der Waals surface area contributed by atoms with Crippen LogP contribution in [0.1, 0.15) is 31.4 Å². The summed E-state index contributed by atoms with van der Waals surface area (Å²) < 4.78 is 0. The third kappa shape index (κ3) is 3.49. The number of nitrogens with one attached hydrogen (secondary N) is 1. The molecule has 1 fully saturated rings. The van der Waals surface area contributed by atoms with Gasteiger partial charge in [-0.25, -0.2) is 9.97 Å². The number of hydrogen-bond acceptors (Lipinski definition) is 4. The zero-order valence-corrected chi connectivity index (χ0v) is 9.67. The van der Waals surface area contributed by atoms with Crippen molar-refractivity contribution in [3.8, 4) is 0 Å². The molecule has 2 N–H and O–H groups in total. The van der Waals surface area contributed by atoms with Crippen molar-refractivity contribution >= 4 is 5.97 Å². The van der Waals surface area contributed by atoms with Gasteiger partial charge in [0.1, 0.15) is 6.33 Å². The van der Waals surface area contributed by atoms with Gasteiger partial charge in [0, 0.05) is 18.8 Å². The van der Waals surface area contributed by atoms with Crippen LogP contribution in [0.2, 0.25) is 0 Å². The number of carboxylic acids is 1. The van der Waals surface area contributed by atoms with Crippen molar-refractivity contribution in [1.82, 2.24) is 15.3 Å². The molecule has 0 spiro atoms. The Morgan fingerprint density at radius 1 is 1.53 bits per heavy atom. The van der Waals surface area contributed by atoms with Crippen molar-refractivity contribution in [2.75, 3.05) is 0 Å². The molecule has 2 atom stereocenters. The van der Waals surface area contributed by atoms with E-state index in [0.717, 1.165) is 31.4 Å². The highest BCUT2D eigenvalue weighted by molar-refractivity contribution is 5.70. The van der Waals surface area contributed by atoms with Gasteiger partial charge in [-0.2, -0.15) is 0 Å². The maximum absolute atomic E-state index is 10.9. The van der Waals surface area contributed by atoms with E-state index in [4.69, 9.17) is 5.11 Å². The SMILES string of the molecule is O=C(O)C1CCCC(NCc2ccncn2)C1. The Morgan fingerprint density at radius 3 is 3.12 bits per heavy atom. The predicted octanol–water partition coefficient (Wildman–Crippen LogP) is 1.21. The number of nitrogens with zero attached hydrogens (tertiary/aromatic N) is 2. The zero-order chi connectivity index (χ0) is 12.1. The normalized spacial score (nSPS) is 24.5. The fourth-order valence-corrected chi connectivity index (χ4v) is 2.27. The van der Waals surface area contributed by atoms with Crippen molar-refractivity contribution < 1.29 is 9.90 Å². The first-order valence-electron chi connectivity index (χ1n) is 5.97. The first-order valence-corrected chi connectivity index (χ1v) is 5.97. The smallest absolute Gasteiger partial charge is 0.306 e. The summed E-state index contributed by atoms with van der Waals surface area (Å²) in [6.45, 7) is 0.680. The minimum absolute atomic E-state index is 0.188. The van der Waals surface area contributed by atoms with Crippen molar-refractivity contribution in [3.05, 3.63) is 24.3 Å². The molecule has 5 nitrogen and oxygen atoms in total. The quantitative estimate of drug-likeness (QED) is 0.820. The van der Waals surface area contributed by atoms with Gasteiger partial charge < -0.3 is 10.4 Å². The first kappa shape index (κ1) is 12.0. The van der Waals surface area contributed by atoms with Gasteiger partial charge in [0.05, 0.1) is 11.6 Å². The molecule has 17 heavy (non-hydrogen) atoms. The Labute approximate surface area is 100 Å². The van der Waals surface area contributed by atoms with Crippen LogP contribution in [-0.4, -0.2) is 27.1 Å². The highest BCUT2D eigenvalue weighted by atomic mass is 16.4. The maximum atomic E-state index is 10.9. The minimum atomic E-state index is -0.668. The molecule has 0 amide bonds. The standard InChI is InChI=1S/C12H17N3O2/c16-12(17)9-2-1-3-10(6-9)14-7-11-4-5-13-8-15-11/h4-5,8-10,14H,1-3,6-7H2,(H,16,17). The molecule has 0 saturated heterocycles. The van der Waals surface area contributed by atoms with E-state index in [9.17, 15) is 4.79 Å². The molecular weight excluding hydrogens is 218 g/mol. The molecule has 1 saturated carbocycles. The van der Waals surface area contributed by atoms with Crippen LogP contribution in [0.3, 0.4) is 0 Å². The third-order valence-electron chi connectivity index (χ3n) is 3.24. The molecule has 1 aromatic rings. The summed E-state index contributed by atoms with van der Waals surface area (Å²) in [5, 5.41) is 12.4. The van der Waals surface area contributed by atoms with Gasteiger partial charge in [0.25, 0.3) is 0 Å². The van der Waals surface area contributed by atoms with E-state index in [1.165, 1.54) is 6.33 Å². The number of hydrogen-bond donors (Lipinski definition) is 2. The van der Waals surface area contributed by atoms with Gasteiger partial charge in [-0.3, -0.25) is 4.79 Å². The van der Waals surface area contributed by atoms with E-state index in [1.807, 2.05) is 6.07 Å². The average Bonchev–Trinajstić information content (AvgIpc) is 2.38. The molecule has 0 aliphatic heterocycles. The average molecular weight is 235 g/mol. The van der Waals surface area contributed by atoms with Crippen LogP contribution in [0.15, 0.2) is 18.6 Å². The molecule has 2 unspecified atom stereocenters. The molecule has 92 valence electrons. The van der Waals surface area contributed by atoms with Crippen LogP contribution in [0.25, 0.3) is 0 Å². The lowest BCUT2D eigenvalue weighted by atomic mass is 9.86. The molecule has 1 aromatic heterocycles. The second kappa shape index (κ2) is 5.72. The van der Waals surface area contributed by atoms with Crippen LogP contribution in [0.5, 0.6) is 0 Å². The van der Waals surface area contributed by atoms with Gasteiger partial charge >= 0.3 is 5.97 Å². The Hall–Kier alpha value is -1.49. The fraction of sp³-hybridized carbons (Fsp3) is 0.583. The Kier molecular flexibility index (Phi) is 4.03. The number of aliphatic carboxylic acids is 1. The Morgan fingerprint density at radius 2 is 2.41 bits per heavy atom. The van der Waals surface area contributed by atoms with E-state index >= 15 is 0 Å². The third-order valence-corrected chi connectivity index (χ3v) is 3.24. The molecule has 0 aromatic carbocycles. The monoisotopic (exact) mass is 235 g/mol. The van der Waals surface area contributed by atoms with E-state index in [1.54, 1.807) is 6.20 Å². The number of aromatic nitrogens is 2. The highest BCUT2D eigenvalue weighted by Crippen LogP contribution is 2.24. The summed E-state index contributed by atoms with van der Waals surface area (Å²) in [4.78, 5) is 18.9. The van der Waals surface area contributed by atoms with Crippen molar-refractivity contribution in [2.45, 2.75) is 38.3 Å². The Balaban J connectivity index is 1.81. The van der Waals surface area contributed by atoms with Crippen LogP contribution in [-0.2, 0) is 11.3 Å². The maximum Gasteiger partial charge on any atom is 0.306 e. The second-order valence-electron chi connectivity index (χ2n) is 4.48. The van der Waals surface area contributed by atoms with Crippen molar-refractivity contribution in [2.24, 2.45) is 5.92 Å². The zero-order valence-electron chi connectivity index (χ0n) is 9.67. The number of carboxylic acid groups (broad SMARTS) is 1.